The van der Waals surface area contributed by atoms with Gasteiger partial charge in [-0.3, -0.25) is 4.79 Å². The molecule has 4 heteroatoms. The number of halogens is 2. The standard InChI is InChI=1S/C15H12BrClO2/c16-12-5-3-4-11(8-12)9-19-10-15(18)13-6-1-2-7-14(13)17/h1-8H,9-10H2. The number of ketones is 1. The lowest BCUT2D eigenvalue weighted by atomic mass is 10.1. The first kappa shape index (κ1) is 14.3. The van der Waals surface area contributed by atoms with Crippen LogP contribution in [0.3, 0.4) is 0 Å². The Morgan fingerprint density at radius 3 is 2.68 bits per heavy atom. The maximum atomic E-state index is 11.9. The van der Waals surface area contributed by atoms with Crippen LogP contribution in [0.25, 0.3) is 0 Å². The van der Waals surface area contributed by atoms with Crippen molar-refractivity contribution in [1.29, 1.82) is 0 Å². The second kappa shape index (κ2) is 6.85. The summed E-state index contributed by atoms with van der Waals surface area (Å²) in [7, 11) is 0. The zero-order valence-corrected chi connectivity index (χ0v) is 12.4. The molecule has 0 atom stereocenters. The molecule has 19 heavy (non-hydrogen) atoms. The minimum atomic E-state index is -0.111. The van der Waals surface area contributed by atoms with Crippen molar-refractivity contribution in [3.05, 3.63) is 69.2 Å². The summed E-state index contributed by atoms with van der Waals surface area (Å²) in [5.74, 6) is -0.111. The summed E-state index contributed by atoms with van der Waals surface area (Å²) < 4.78 is 6.41. The number of carbonyl (C=O) groups is 1. The average Bonchev–Trinajstić information content (AvgIpc) is 2.39. The van der Waals surface area contributed by atoms with E-state index in [-0.39, 0.29) is 12.4 Å². The normalized spacial score (nSPS) is 10.4. The van der Waals surface area contributed by atoms with Crippen LogP contribution in [0.5, 0.6) is 0 Å². The third kappa shape index (κ3) is 4.16. The lowest BCUT2D eigenvalue weighted by Gasteiger charge is -2.05. The molecule has 98 valence electrons. The molecule has 0 fully saturated rings. The van der Waals surface area contributed by atoms with Crippen molar-refractivity contribution in [1.82, 2.24) is 0 Å². The van der Waals surface area contributed by atoms with Crippen LogP contribution in [-0.2, 0) is 11.3 Å². The van der Waals surface area contributed by atoms with Crippen LogP contribution >= 0.6 is 27.5 Å². The first-order chi connectivity index (χ1) is 9.16. The van der Waals surface area contributed by atoms with Crippen LogP contribution in [0.4, 0.5) is 0 Å². The summed E-state index contributed by atoms with van der Waals surface area (Å²) in [4.78, 5) is 11.9. The van der Waals surface area contributed by atoms with Crippen molar-refractivity contribution >= 4 is 33.3 Å². The molecule has 0 radical (unpaired) electrons. The molecular weight excluding hydrogens is 328 g/mol. The van der Waals surface area contributed by atoms with Gasteiger partial charge in [-0.05, 0) is 29.8 Å². The highest BCUT2D eigenvalue weighted by Gasteiger charge is 2.09. The fourth-order valence-corrected chi connectivity index (χ4v) is 2.34. The maximum Gasteiger partial charge on any atom is 0.189 e. The lowest BCUT2D eigenvalue weighted by Crippen LogP contribution is -2.09. The Morgan fingerprint density at radius 1 is 1.16 bits per heavy atom. The molecule has 2 aromatic rings. The summed E-state index contributed by atoms with van der Waals surface area (Å²) in [6, 6.07) is 14.8. The zero-order chi connectivity index (χ0) is 13.7. The van der Waals surface area contributed by atoms with E-state index >= 15 is 0 Å². The topological polar surface area (TPSA) is 26.3 Å². The zero-order valence-electron chi connectivity index (χ0n) is 10.1. The number of carbonyl (C=O) groups excluding carboxylic acids is 1. The second-order valence-electron chi connectivity index (χ2n) is 4.03. The summed E-state index contributed by atoms with van der Waals surface area (Å²) in [5.41, 5.74) is 1.51. The number of hydrogen-bond acceptors (Lipinski definition) is 2. The van der Waals surface area contributed by atoms with Gasteiger partial charge in [0.05, 0.1) is 11.6 Å². The number of benzene rings is 2. The van der Waals surface area contributed by atoms with Crippen LogP contribution in [-0.4, -0.2) is 12.4 Å². The molecule has 0 aromatic heterocycles. The van der Waals surface area contributed by atoms with Crippen molar-refractivity contribution in [2.75, 3.05) is 6.61 Å². The number of Topliss-reactive ketones (excluding diaryl/α,β-unsaturated/α-hetero) is 1. The van der Waals surface area contributed by atoms with Gasteiger partial charge in [0.1, 0.15) is 6.61 Å². The van der Waals surface area contributed by atoms with Gasteiger partial charge in [-0.1, -0.05) is 51.8 Å². The molecule has 0 aliphatic carbocycles. The van der Waals surface area contributed by atoms with Crippen LogP contribution in [0.15, 0.2) is 53.0 Å². The summed E-state index contributed by atoms with van der Waals surface area (Å²) >= 11 is 9.34. The van der Waals surface area contributed by atoms with Crippen molar-refractivity contribution in [2.45, 2.75) is 6.61 Å². The van der Waals surface area contributed by atoms with Crippen molar-refractivity contribution < 1.29 is 9.53 Å². The molecule has 0 heterocycles. The largest absolute Gasteiger partial charge is 0.369 e. The fourth-order valence-electron chi connectivity index (χ4n) is 1.65. The van der Waals surface area contributed by atoms with E-state index in [1.807, 2.05) is 24.3 Å². The van der Waals surface area contributed by atoms with E-state index < -0.39 is 0 Å². The summed E-state index contributed by atoms with van der Waals surface area (Å²) in [6.07, 6.45) is 0. The van der Waals surface area contributed by atoms with Crippen LogP contribution in [0.1, 0.15) is 15.9 Å². The van der Waals surface area contributed by atoms with Gasteiger partial charge < -0.3 is 4.74 Å². The van der Waals surface area contributed by atoms with E-state index in [4.69, 9.17) is 16.3 Å². The molecule has 0 N–H and O–H groups in total. The van der Waals surface area contributed by atoms with E-state index in [1.165, 1.54) is 0 Å². The van der Waals surface area contributed by atoms with Crippen molar-refractivity contribution in [3.63, 3.8) is 0 Å². The highest BCUT2D eigenvalue weighted by molar-refractivity contribution is 9.10. The Bertz CT molecular complexity index is 584. The van der Waals surface area contributed by atoms with Crippen LogP contribution in [0, 0.1) is 0 Å². The number of rotatable bonds is 5. The van der Waals surface area contributed by atoms with Crippen LogP contribution in [0.2, 0.25) is 5.02 Å². The van der Waals surface area contributed by atoms with Gasteiger partial charge >= 0.3 is 0 Å². The monoisotopic (exact) mass is 338 g/mol. The van der Waals surface area contributed by atoms with Gasteiger partial charge in [0.15, 0.2) is 5.78 Å². The molecule has 0 aliphatic heterocycles. The Labute approximate surface area is 125 Å². The Balaban J connectivity index is 1.90. The minimum absolute atomic E-state index is 0.0241. The lowest BCUT2D eigenvalue weighted by molar-refractivity contribution is 0.0726. The molecule has 0 bridgehead atoms. The fraction of sp³-hybridized carbons (Fsp3) is 0.133. The Kier molecular flexibility index (Phi) is 5.14. The van der Waals surface area contributed by atoms with E-state index in [0.29, 0.717) is 17.2 Å². The van der Waals surface area contributed by atoms with Crippen molar-refractivity contribution in [3.8, 4) is 0 Å². The summed E-state index contributed by atoms with van der Waals surface area (Å²) in [6.45, 7) is 0.422. The van der Waals surface area contributed by atoms with E-state index in [0.717, 1.165) is 10.0 Å². The van der Waals surface area contributed by atoms with Crippen LogP contribution < -0.4 is 0 Å². The average molecular weight is 340 g/mol. The van der Waals surface area contributed by atoms with Gasteiger partial charge in [0.25, 0.3) is 0 Å². The predicted octanol–water partition coefficient (Wildman–Crippen LogP) is 4.50. The number of hydrogen-bond donors (Lipinski definition) is 0. The molecule has 2 nitrogen and oxygen atoms in total. The van der Waals surface area contributed by atoms with Gasteiger partial charge in [-0.2, -0.15) is 0 Å². The molecule has 0 spiro atoms. The first-order valence-corrected chi connectivity index (χ1v) is 6.94. The van der Waals surface area contributed by atoms with Gasteiger partial charge in [0, 0.05) is 10.0 Å². The molecule has 2 rings (SSSR count). The molecular formula is C15H12BrClO2. The van der Waals surface area contributed by atoms with E-state index in [9.17, 15) is 4.79 Å². The molecule has 0 aliphatic rings. The SMILES string of the molecule is O=C(COCc1cccc(Br)c1)c1ccccc1Cl. The van der Waals surface area contributed by atoms with Gasteiger partial charge in [0.2, 0.25) is 0 Å². The number of ether oxygens (including phenoxy) is 1. The Morgan fingerprint density at radius 2 is 1.95 bits per heavy atom. The van der Waals surface area contributed by atoms with Gasteiger partial charge in [-0.25, -0.2) is 0 Å². The Hall–Kier alpha value is -1.16. The molecule has 2 aromatic carbocycles. The maximum absolute atomic E-state index is 11.9. The third-order valence-corrected chi connectivity index (χ3v) is 3.39. The minimum Gasteiger partial charge on any atom is -0.369 e. The van der Waals surface area contributed by atoms with E-state index in [1.54, 1.807) is 24.3 Å². The smallest absolute Gasteiger partial charge is 0.189 e. The first-order valence-electron chi connectivity index (χ1n) is 5.77. The van der Waals surface area contributed by atoms with E-state index in [2.05, 4.69) is 15.9 Å². The molecule has 0 unspecified atom stereocenters. The third-order valence-electron chi connectivity index (χ3n) is 2.57. The molecule has 0 saturated carbocycles. The van der Waals surface area contributed by atoms with Gasteiger partial charge in [-0.15, -0.1) is 0 Å². The van der Waals surface area contributed by atoms with Crippen molar-refractivity contribution in [2.24, 2.45) is 0 Å². The second-order valence-corrected chi connectivity index (χ2v) is 5.35. The summed E-state index contributed by atoms with van der Waals surface area (Å²) in [5, 5.41) is 0.457. The highest BCUT2D eigenvalue weighted by atomic mass is 79.9. The highest BCUT2D eigenvalue weighted by Crippen LogP contribution is 2.16. The quantitative estimate of drug-likeness (QED) is 0.750. The molecule has 0 amide bonds. The molecule has 0 saturated heterocycles. The predicted molar refractivity (Wildman–Crippen MR) is 79.6 cm³/mol.